The van der Waals surface area contributed by atoms with E-state index in [9.17, 15) is 4.79 Å². The molecule has 5 heteroatoms. The summed E-state index contributed by atoms with van der Waals surface area (Å²) in [7, 11) is 0. The lowest BCUT2D eigenvalue weighted by Gasteiger charge is -2.35. The first kappa shape index (κ1) is 16.0. The molecular formula is C15H22BrNO2S. The van der Waals surface area contributed by atoms with E-state index in [0.29, 0.717) is 24.4 Å². The maximum absolute atomic E-state index is 11.9. The highest BCUT2D eigenvalue weighted by atomic mass is 79.9. The Bertz CT molecular complexity index is 462. The first-order valence-electron chi connectivity index (χ1n) is 7.30. The molecule has 3 nitrogen and oxygen atoms in total. The fraction of sp³-hybridized carbons (Fsp3) is 0.733. The Morgan fingerprint density at radius 1 is 1.60 bits per heavy atom. The highest BCUT2D eigenvalue weighted by Crippen LogP contribution is 2.42. The highest BCUT2D eigenvalue weighted by Gasteiger charge is 2.36. The van der Waals surface area contributed by atoms with E-state index >= 15 is 0 Å². The van der Waals surface area contributed by atoms with E-state index in [0.717, 1.165) is 23.0 Å². The summed E-state index contributed by atoms with van der Waals surface area (Å²) in [5.74, 6) is 1.56. The van der Waals surface area contributed by atoms with Gasteiger partial charge in [-0.2, -0.15) is 0 Å². The highest BCUT2D eigenvalue weighted by molar-refractivity contribution is 9.11. The van der Waals surface area contributed by atoms with Crippen LogP contribution in [0.3, 0.4) is 0 Å². The van der Waals surface area contributed by atoms with Gasteiger partial charge in [-0.1, -0.05) is 13.8 Å². The molecule has 1 aromatic heterocycles. The van der Waals surface area contributed by atoms with Crippen molar-refractivity contribution in [1.82, 2.24) is 4.98 Å². The predicted molar refractivity (Wildman–Crippen MR) is 84.9 cm³/mol. The fourth-order valence-corrected chi connectivity index (χ4v) is 4.56. The normalized spacial score (nSPS) is 28.1. The van der Waals surface area contributed by atoms with E-state index < -0.39 is 0 Å². The van der Waals surface area contributed by atoms with Crippen molar-refractivity contribution in [3.63, 3.8) is 0 Å². The van der Waals surface area contributed by atoms with Crippen molar-refractivity contribution in [1.29, 1.82) is 0 Å². The Hall–Kier alpha value is -0.420. The molecule has 1 aromatic rings. The van der Waals surface area contributed by atoms with Crippen LogP contribution in [-0.4, -0.2) is 17.6 Å². The third-order valence-electron chi connectivity index (χ3n) is 4.39. The van der Waals surface area contributed by atoms with Crippen molar-refractivity contribution < 1.29 is 9.53 Å². The summed E-state index contributed by atoms with van der Waals surface area (Å²) in [5.41, 5.74) is 0. The van der Waals surface area contributed by atoms with Crippen LogP contribution in [0.5, 0.6) is 0 Å². The van der Waals surface area contributed by atoms with Gasteiger partial charge >= 0.3 is 5.97 Å². The fourth-order valence-electron chi connectivity index (χ4n) is 3.17. The van der Waals surface area contributed by atoms with E-state index in [1.54, 1.807) is 11.3 Å². The summed E-state index contributed by atoms with van der Waals surface area (Å²) >= 11 is 5.20. The summed E-state index contributed by atoms with van der Waals surface area (Å²) in [6, 6.07) is 0. The molecular weight excluding hydrogens is 338 g/mol. The molecule has 4 atom stereocenters. The van der Waals surface area contributed by atoms with E-state index in [4.69, 9.17) is 4.74 Å². The largest absolute Gasteiger partial charge is 0.466 e. The van der Waals surface area contributed by atoms with Gasteiger partial charge in [0.05, 0.1) is 27.5 Å². The second-order valence-electron chi connectivity index (χ2n) is 5.70. The van der Waals surface area contributed by atoms with Gasteiger partial charge in [-0.3, -0.25) is 4.79 Å². The number of hydrogen-bond donors (Lipinski definition) is 0. The van der Waals surface area contributed by atoms with Crippen LogP contribution in [0, 0.1) is 17.8 Å². The molecule has 4 unspecified atom stereocenters. The van der Waals surface area contributed by atoms with Gasteiger partial charge in [0.15, 0.2) is 0 Å². The van der Waals surface area contributed by atoms with Gasteiger partial charge in [-0.15, -0.1) is 11.3 Å². The summed E-state index contributed by atoms with van der Waals surface area (Å²) in [5, 5.41) is 1.20. The van der Waals surface area contributed by atoms with Gasteiger partial charge in [0.1, 0.15) is 0 Å². The minimum Gasteiger partial charge on any atom is -0.466 e. The number of carbonyl (C=O) groups is 1. The van der Waals surface area contributed by atoms with E-state index in [1.807, 2.05) is 13.1 Å². The molecule has 1 aliphatic rings. The van der Waals surface area contributed by atoms with Crippen LogP contribution in [0.1, 0.15) is 51.0 Å². The van der Waals surface area contributed by atoms with Gasteiger partial charge in [0.2, 0.25) is 0 Å². The Kier molecular flexibility index (Phi) is 5.61. The number of halogens is 1. The standard InChI is InChI=1S/C15H22BrNO2S/c1-4-19-15(18)12-6-5-11(7-9(12)2)10(3)14-17-8-13(16)20-14/h8-12H,4-7H2,1-3H3. The molecule has 0 spiro atoms. The maximum Gasteiger partial charge on any atom is 0.309 e. The molecule has 0 amide bonds. The summed E-state index contributed by atoms with van der Waals surface area (Å²) in [6.45, 7) is 6.79. The van der Waals surface area contributed by atoms with Crippen LogP contribution >= 0.6 is 27.3 Å². The SMILES string of the molecule is CCOC(=O)C1CCC(C(C)c2ncc(Br)s2)CC1C. The smallest absolute Gasteiger partial charge is 0.309 e. The maximum atomic E-state index is 11.9. The second kappa shape index (κ2) is 7.03. The summed E-state index contributed by atoms with van der Waals surface area (Å²) in [4.78, 5) is 16.4. The number of aromatic nitrogens is 1. The first-order chi connectivity index (χ1) is 9.52. The summed E-state index contributed by atoms with van der Waals surface area (Å²) < 4.78 is 6.27. The zero-order valence-corrected chi connectivity index (χ0v) is 14.7. The van der Waals surface area contributed by atoms with Crippen molar-refractivity contribution in [2.45, 2.75) is 46.0 Å². The lowest BCUT2D eigenvalue weighted by atomic mass is 9.71. The number of rotatable bonds is 4. The number of carbonyl (C=O) groups excluding carboxylic acids is 1. The molecule has 1 fully saturated rings. The van der Waals surface area contributed by atoms with Gasteiger partial charge in [0.25, 0.3) is 0 Å². The third kappa shape index (κ3) is 3.61. The Morgan fingerprint density at radius 2 is 2.35 bits per heavy atom. The van der Waals surface area contributed by atoms with Crippen molar-refractivity contribution >= 4 is 33.2 Å². The van der Waals surface area contributed by atoms with E-state index in [-0.39, 0.29) is 11.9 Å². The monoisotopic (exact) mass is 359 g/mol. The molecule has 1 aliphatic carbocycles. The molecule has 0 N–H and O–H groups in total. The number of esters is 1. The van der Waals surface area contributed by atoms with Gasteiger partial charge in [-0.25, -0.2) is 4.98 Å². The lowest BCUT2D eigenvalue weighted by Crippen LogP contribution is -2.32. The molecule has 0 bridgehead atoms. The average molecular weight is 360 g/mol. The molecule has 0 aromatic carbocycles. The zero-order chi connectivity index (χ0) is 14.7. The second-order valence-corrected chi connectivity index (χ2v) is 8.14. The van der Waals surface area contributed by atoms with Gasteiger partial charge < -0.3 is 4.74 Å². The van der Waals surface area contributed by atoms with Crippen LogP contribution < -0.4 is 0 Å². The molecule has 0 aliphatic heterocycles. The average Bonchev–Trinajstić information content (AvgIpc) is 2.84. The lowest BCUT2D eigenvalue weighted by molar-refractivity contribution is -0.151. The molecule has 0 radical (unpaired) electrons. The van der Waals surface area contributed by atoms with Gasteiger partial charge in [0, 0.05) is 5.92 Å². The molecule has 2 rings (SSSR count). The Morgan fingerprint density at radius 3 is 2.90 bits per heavy atom. The Labute approximate surface area is 133 Å². The Balaban J connectivity index is 1.96. The number of thiazole rings is 1. The van der Waals surface area contributed by atoms with Crippen LogP contribution in [0.15, 0.2) is 9.98 Å². The predicted octanol–water partition coefficient (Wildman–Crippen LogP) is 4.62. The van der Waals surface area contributed by atoms with Crippen LogP contribution in [0.2, 0.25) is 0 Å². The number of ether oxygens (including phenoxy) is 1. The number of nitrogens with zero attached hydrogens (tertiary/aromatic N) is 1. The van der Waals surface area contributed by atoms with Crippen molar-refractivity contribution in [2.24, 2.45) is 17.8 Å². The first-order valence-corrected chi connectivity index (χ1v) is 8.91. The van der Waals surface area contributed by atoms with Crippen molar-refractivity contribution in [3.05, 3.63) is 15.0 Å². The quantitative estimate of drug-likeness (QED) is 0.735. The van der Waals surface area contributed by atoms with E-state index in [2.05, 4.69) is 34.8 Å². The molecule has 1 heterocycles. The van der Waals surface area contributed by atoms with Crippen LogP contribution in [0.4, 0.5) is 0 Å². The molecule has 20 heavy (non-hydrogen) atoms. The summed E-state index contributed by atoms with van der Waals surface area (Å²) in [6.07, 6.45) is 5.00. The minimum absolute atomic E-state index is 0.0110. The number of hydrogen-bond acceptors (Lipinski definition) is 4. The molecule has 0 saturated heterocycles. The topological polar surface area (TPSA) is 39.2 Å². The van der Waals surface area contributed by atoms with E-state index in [1.165, 1.54) is 5.01 Å². The van der Waals surface area contributed by atoms with Crippen LogP contribution in [0.25, 0.3) is 0 Å². The van der Waals surface area contributed by atoms with Crippen LogP contribution in [-0.2, 0) is 9.53 Å². The molecule has 1 saturated carbocycles. The zero-order valence-electron chi connectivity index (χ0n) is 12.3. The molecule has 112 valence electrons. The van der Waals surface area contributed by atoms with Crippen molar-refractivity contribution in [3.8, 4) is 0 Å². The third-order valence-corrected chi connectivity index (χ3v) is 6.07. The van der Waals surface area contributed by atoms with Gasteiger partial charge in [-0.05, 0) is 54.0 Å². The van der Waals surface area contributed by atoms with Crippen molar-refractivity contribution in [2.75, 3.05) is 6.61 Å². The minimum atomic E-state index is -0.0110.